The second kappa shape index (κ2) is 37.9. The van der Waals surface area contributed by atoms with Crippen LogP contribution in [0.25, 0.3) is 0 Å². The highest BCUT2D eigenvalue weighted by Gasteiger charge is 2.30. The van der Waals surface area contributed by atoms with E-state index in [4.69, 9.17) is 84.6 Å². The van der Waals surface area contributed by atoms with E-state index in [0.29, 0.717) is 92.8 Å². The highest BCUT2D eigenvalue weighted by atomic mass is 31.2. The summed E-state index contributed by atoms with van der Waals surface area (Å²) in [6.07, 6.45) is 0. The van der Waals surface area contributed by atoms with Crippen LogP contribution < -0.4 is 30.1 Å². The summed E-state index contributed by atoms with van der Waals surface area (Å²) in [5, 5.41) is -0.262. The van der Waals surface area contributed by atoms with Gasteiger partial charge in [-0.25, -0.2) is 0 Å². The zero-order valence-electron chi connectivity index (χ0n) is 45.8. The monoisotopic (exact) mass is 1170 g/mol. The first-order chi connectivity index (χ1) is 37.7. The lowest BCUT2D eigenvalue weighted by Gasteiger charge is -2.23. The third kappa shape index (κ3) is 23.9. The van der Waals surface area contributed by atoms with Gasteiger partial charge >= 0.3 is 22.8 Å². The van der Waals surface area contributed by atoms with E-state index in [9.17, 15) is 28.4 Å². The van der Waals surface area contributed by atoms with Crippen molar-refractivity contribution in [2.75, 3.05) is 160 Å². The third-order valence-electron chi connectivity index (χ3n) is 11.0. The van der Waals surface area contributed by atoms with Gasteiger partial charge in [-0.3, -0.25) is 13.7 Å². The molecule has 1 heterocycles. The number of fused-ring (bicyclic) bond motifs is 6. The van der Waals surface area contributed by atoms with Crippen molar-refractivity contribution >= 4 is 38.7 Å². The van der Waals surface area contributed by atoms with Gasteiger partial charge in [-0.2, -0.15) is 0 Å². The minimum Gasteiger partial charge on any atom is -0.490 e. The van der Waals surface area contributed by atoms with Gasteiger partial charge in [0.1, 0.15) is 37.1 Å². The van der Waals surface area contributed by atoms with Gasteiger partial charge in [0, 0.05) is 54.7 Å². The van der Waals surface area contributed by atoms with Crippen molar-refractivity contribution in [1.82, 2.24) is 0 Å². The average molecular weight is 1170 g/mol. The first kappa shape index (κ1) is 67.5. The van der Waals surface area contributed by atoms with Crippen molar-refractivity contribution in [2.24, 2.45) is 0 Å². The molecule has 4 rings (SSSR count). The van der Waals surface area contributed by atoms with Crippen molar-refractivity contribution in [2.45, 2.75) is 60.4 Å². The van der Waals surface area contributed by atoms with Gasteiger partial charge in [-0.1, -0.05) is 0 Å². The summed E-state index contributed by atoms with van der Waals surface area (Å²) >= 11 is 0. The summed E-state index contributed by atoms with van der Waals surface area (Å²) < 4.78 is 145. The second-order valence-electron chi connectivity index (χ2n) is 16.8. The molecule has 0 amide bonds. The summed E-state index contributed by atoms with van der Waals surface area (Å²) in [6.45, 7) is 7.71. The molecule has 3 aromatic rings. The first-order valence-corrected chi connectivity index (χ1v) is 30.4. The Labute approximate surface area is 457 Å². The van der Waals surface area contributed by atoms with Crippen molar-refractivity contribution < 1.29 is 113 Å². The molecule has 3 atom stereocenters. The fraction of sp³-hybridized carbons (Fsp3) is 0.647. The van der Waals surface area contributed by atoms with Crippen molar-refractivity contribution in [3.63, 3.8) is 0 Å². The van der Waals surface area contributed by atoms with Gasteiger partial charge in [0.25, 0.3) is 0 Å². The topological polar surface area (TPSA) is 278 Å². The lowest BCUT2D eigenvalue weighted by molar-refractivity contribution is 0.0168. The van der Waals surface area contributed by atoms with Crippen LogP contribution in [0.1, 0.15) is 54.2 Å². The van der Waals surface area contributed by atoms with E-state index in [1.807, 2.05) is 0 Å². The highest BCUT2D eigenvalue weighted by molar-refractivity contribution is 7.61. The maximum absolute atomic E-state index is 13.8. The SMILES string of the molecule is CCOP(=O)(O)c1cc2c(OCCOCCOCCOC)c(c1)COCc1cc(P(=O)(O)OCC)cc(c1OCCOCCOCCOC)COCc1cc(P(=O)(O)OCC)cc(c1OCCOCCOCCOC)COC2. The van der Waals surface area contributed by atoms with Crippen LogP contribution in [0.15, 0.2) is 36.4 Å². The van der Waals surface area contributed by atoms with Gasteiger partial charge in [0.05, 0.1) is 174 Å². The van der Waals surface area contributed by atoms with Crippen LogP contribution in [0.4, 0.5) is 0 Å². The molecular formula is C51H81O24P3. The van der Waals surface area contributed by atoms with Crippen LogP contribution in [-0.4, -0.2) is 175 Å². The maximum Gasteiger partial charge on any atom is 0.358 e. The van der Waals surface area contributed by atoms with Crippen molar-refractivity contribution in [3.8, 4) is 17.2 Å². The summed E-state index contributed by atoms with van der Waals surface area (Å²) in [5.74, 6) is 0.710. The Hall–Kier alpha value is -2.97. The first-order valence-electron chi connectivity index (χ1n) is 25.7. The van der Waals surface area contributed by atoms with E-state index in [1.54, 1.807) is 42.1 Å². The Morgan fingerprint density at radius 1 is 0.346 bits per heavy atom. The van der Waals surface area contributed by atoms with Crippen LogP contribution in [0.5, 0.6) is 17.2 Å². The maximum atomic E-state index is 13.8. The average Bonchev–Trinajstić information content (AvgIpc) is 3.41. The Bertz CT molecular complexity index is 2000. The number of hydrogen-bond acceptors (Lipinski definition) is 21. The number of rotatable bonds is 39. The minimum atomic E-state index is -4.46. The van der Waals surface area contributed by atoms with Crippen LogP contribution >= 0.6 is 22.8 Å². The molecule has 24 nitrogen and oxygen atoms in total. The zero-order chi connectivity index (χ0) is 56.5. The predicted octanol–water partition coefficient (Wildman–Crippen LogP) is 4.87. The zero-order valence-corrected chi connectivity index (χ0v) is 48.5. The number of hydrogen-bond donors (Lipinski definition) is 3. The number of benzene rings is 3. The van der Waals surface area contributed by atoms with Gasteiger partial charge in [-0.05, 0) is 57.2 Å². The minimum absolute atomic E-state index is 0.0155. The smallest absolute Gasteiger partial charge is 0.358 e. The summed E-state index contributed by atoms with van der Waals surface area (Å²) in [5.41, 5.74) is 1.86. The molecule has 0 saturated carbocycles. The lowest BCUT2D eigenvalue weighted by Crippen LogP contribution is -2.18. The molecule has 0 radical (unpaired) electrons. The molecule has 444 valence electrons. The van der Waals surface area contributed by atoms with Crippen LogP contribution in [0.2, 0.25) is 0 Å². The normalized spacial score (nSPS) is 15.7. The Morgan fingerprint density at radius 2 is 0.538 bits per heavy atom. The quantitative estimate of drug-likeness (QED) is 0.0508. The molecule has 3 unspecified atom stereocenters. The van der Waals surface area contributed by atoms with E-state index in [0.717, 1.165) is 0 Å². The fourth-order valence-electron chi connectivity index (χ4n) is 7.46. The number of methoxy groups -OCH3 is 3. The molecule has 3 N–H and O–H groups in total. The van der Waals surface area contributed by atoms with Crippen molar-refractivity contribution in [3.05, 3.63) is 69.8 Å². The van der Waals surface area contributed by atoms with Gasteiger partial charge in [0.15, 0.2) is 0 Å². The third-order valence-corrected chi connectivity index (χ3v) is 15.5. The molecular weight excluding hydrogens is 1090 g/mol. The largest absolute Gasteiger partial charge is 0.490 e. The van der Waals surface area contributed by atoms with E-state index in [1.165, 1.54) is 36.4 Å². The molecule has 6 bridgehead atoms. The lowest BCUT2D eigenvalue weighted by atomic mass is 10.1. The standard InChI is InChI=1S/C51H81O24P3/c1-7-73-76(52,53)46-28-40-34-67-36-42-30-47(77(54,55)74-8-2)32-44(50(42)71-26-23-65-20-17-62-14-11-59-5)38-69-39-45-33-48(78(56,57)75-9-3)31-43(51(45)72-27-24-66-21-18-63-15-12-60-6)37-68-35-41(29-46)49(40)70-25-22-64-19-16-61-13-10-58-4/h28-33H,7-27,34-39H2,1-6H3,(H,52,53)(H,54,55)(H,56,57). The molecule has 0 saturated heterocycles. The summed E-state index contributed by atoms with van der Waals surface area (Å²) in [7, 11) is -8.64. The molecule has 1 aliphatic rings. The van der Waals surface area contributed by atoms with Gasteiger partial charge in [-0.15, -0.1) is 0 Å². The van der Waals surface area contributed by atoms with E-state index in [2.05, 4.69) is 0 Å². The molecule has 0 fully saturated rings. The fourth-order valence-corrected chi connectivity index (χ4v) is 10.9. The predicted molar refractivity (Wildman–Crippen MR) is 285 cm³/mol. The van der Waals surface area contributed by atoms with Crippen molar-refractivity contribution in [1.29, 1.82) is 0 Å². The van der Waals surface area contributed by atoms with Gasteiger partial charge < -0.3 is 99.3 Å². The van der Waals surface area contributed by atoms with Gasteiger partial charge in [0.2, 0.25) is 0 Å². The molecule has 0 aromatic heterocycles. The Kier molecular flexibility index (Phi) is 32.8. The molecule has 0 spiro atoms. The van der Waals surface area contributed by atoms with Crippen LogP contribution in [0.3, 0.4) is 0 Å². The van der Waals surface area contributed by atoms with Crippen LogP contribution in [-0.2, 0) is 124 Å². The highest BCUT2D eigenvalue weighted by Crippen LogP contribution is 2.45. The molecule has 1 aliphatic heterocycles. The summed E-state index contributed by atoms with van der Waals surface area (Å²) in [4.78, 5) is 33.8. The molecule has 0 aliphatic carbocycles. The number of ether oxygens (including phenoxy) is 15. The molecule has 27 heteroatoms. The van der Waals surface area contributed by atoms with E-state index >= 15 is 0 Å². The Balaban J connectivity index is 1.89. The molecule has 78 heavy (non-hydrogen) atoms. The Morgan fingerprint density at radius 3 is 0.731 bits per heavy atom. The van der Waals surface area contributed by atoms with E-state index in [-0.39, 0.29) is 152 Å². The second-order valence-corrected chi connectivity index (χ2v) is 22.2. The molecule has 3 aromatic carbocycles. The van der Waals surface area contributed by atoms with E-state index < -0.39 is 22.8 Å². The summed E-state index contributed by atoms with van der Waals surface area (Å²) in [6, 6.07) is 8.67. The van der Waals surface area contributed by atoms with Crippen LogP contribution in [0, 0.1) is 0 Å².